The molecule has 0 spiro atoms. The molecule has 0 saturated heterocycles. The predicted molar refractivity (Wildman–Crippen MR) is 406 cm³/mol. The number of carbonyl (C=O) groups excluding carboxylic acids is 4. The standard InChI is InChI=1S/2C22H26F2N2O2.2C21H25ClN2O2/c2*1-4-5-6-17-15-9-10-22(17,18-11-13(2)7-8-14(15)18)28-21(27)16-12-26(3)25-19(16)20(23)24;2*1-4-5-6-17-15-9-10-21(17,18-11-13(2)7-8-14(15)18)26-20(25)16-12-23-24(3)19(16)22/h2*7-8,11-12,15,17,20H,4-6,9-10H2,1-3H3;2*7-8,11-12,15,17H,4-6,9-10H2,1-3H3. The highest BCUT2D eigenvalue weighted by Gasteiger charge is 2.63. The second-order valence-electron chi connectivity index (χ2n) is 31.8. The van der Waals surface area contributed by atoms with E-state index in [-0.39, 0.29) is 34.9 Å². The van der Waals surface area contributed by atoms with E-state index in [4.69, 9.17) is 42.1 Å². The first-order valence-corrected chi connectivity index (χ1v) is 39.8. The van der Waals surface area contributed by atoms with Crippen molar-refractivity contribution < 1.29 is 55.7 Å². The Morgan fingerprint density at radius 3 is 0.898 bits per heavy atom. The predicted octanol–water partition coefficient (Wildman–Crippen LogP) is 21.1. The Balaban J connectivity index is 0.000000127. The summed E-state index contributed by atoms with van der Waals surface area (Å²) in [5.41, 5.74) is 11.4. The number of ether oxygens (including phenoxy) is 4. The van der Waals surface area contributed by atoms with E-state index in [1.54, 1.807) is 14.1 Å². The van der Waals surface area contributed by atoms with E-state index in [0.29, 0.717) is 56.9 Å². The molecule has 8 aliphatic rings. The Labute approximate surface area is 641 Å². The second-order valence-corrected chi connectivity index (χ2v) is 32.5. The highest BCUT2D eigenvalue weighted by molar-refractivity contribution is 6.33. The van der Waals surface area contributed by atoms with E-state index < -0.39 is 58.6 Å². The van der Waals surface area contributed by atoms with Gasteiger partial charge < -0.3 is 18.9 Å². The minimum atomic E-state index is -2.81. The normalized spacial score (nSPS) is 25.7. The van der Waals surface area contributed by atoms with Gasteiger partial charge in [-0.25, -0.2) is 36.7 Å². The number of hydrogen-bond donors (Lipinski definition) is 0. The van der Waals surface area contributed by atoms with Gasteiger partial charge in [0.05, 0.1) is 12.4 Å². The van der Waals surface area contributed by atoms with Gasteiger partial charge in [0.25, 0.3) is 12.9 Å². The number of esters is 4. The zero-order valence-electron chi connectivity index (χ0n) is 64.3. The molecule has 12 atom stereocenters. The van der Waals surface area contributed by atoms with Crippen LogP contribution in [0.4, 0.5) is 17.6 Å². The van der Waals surface area contributed by atoms with Crippen LogP contribution in [0.25, 0.3) is 0 Å². The number of alkyl halides is 4. The van der Waals surface area contributed by atoms with Crippen LogP contribution in [-0.2, 0) is 69.5 Å². The number of fused-ring (bicyclic) bond motifs is 20. The smallest absolute Gasteiger partial charge is 0.343 e. The van der Waals surface area contributed by atoms with E-state index in [9.17, 15) is 36.7 Å². The molecule has 4 saturated carbocycles. The van der Waals surface area contributed by atoms with Crippen LogP contribution in [0.1, 0.15) is 312 Å². The molecule has 108 heavy (non-hydrogen) atoms. The lowest BCUT2D eigenvalue weighted by molar-refractivity contribution is -0.0424. The Morgan fingerprint density at radius 2 is 0.676 bits per heavy atom. The summed E-state index contributed by atoms with van der Waals surface area (Å²) in [6.45, 7) is 17.0. The number of rotatable bonds is 22. The maximum atomic E-state index is 13.4. The molecular formula is C86H102Cl2F4N8O8. The molecule has 0 aliphatic heterocycles. The molecular weight excluding hydrogens is 1420 g/mol. The fourth-order valence-corrected chi connectivity index (χ4v) is 20.7. The third-order valence-electron chi connectivity index (χ3n) is 25.2. The van der Waals surface area contributed by atoms with Crippen molar-refractivity contribution in [2.45, 2.75) is 243 Å². The molecule has 0 N–H and O–H groups in total. The van der Waals surface area contributed by atoms with E-state index in [1.807, 2.05) is 13.8 Å². The van der Waals surface area contributed by atoms with Crippen molar-refractivity contribution in [1.82, 2.24) is 39.1 Å². The van der Waals surface area contributed by atoms with Crippen LogP contribution in [-0.4, -0.2) is 63.0 Å². The monoisotopic (exact) mass is 1520 g/mol. The minimum Gasteiger partial charge on any atom is -0.450 e. The highest BCUT2D eigenvalue weighted by atomic mass is 35.5. The van der Waals surface area contributed by atoms with Crippen molar-refractivity contribution in [3.05, 3.63) is 208 Å². The van der Waals surface area contributed by atoms with Gasteiger partial charge in [0, 0.05) is 64.3 Å². The zero-order valence-corrected chi connectivity index (χ0v) is 65.8. The van der Waals surface area contributed by atoms with Crippen LogP contribution in [0, 0.1) is 51.4 Å². The minimum absolute atomic E-state index is 0.134. The van der Waals surface area contributed by atoms with Gasteiger partial charge in [-0.2, -0.15) is 20.4 Å². The summed E-state index contributed by atoms with van der Waals surface area (Å²) in [7, 11) is 6.51. The first kappa shape index (κ1) is 78.0. The third-order valence-corrected chi connectivity index (χ3v) is 26.1. The van der Waals surface area contributed by atoms with Crippen LogP contribution < -0.4 is 0 Å². The van der Waals surface area contributed by atoms with Crippen molar-refractivity contribution in [3.8, 4) is 0 Å². The van der Waals surface area contributed by atoms with Gasteiger partial charge in [-0.1, -0.05) is 197 Å². The van der Waals surface area contributed by atoms with E-state index in [2.05, 4.69) is 135 Å². The number of aryl methyl sites for hydroxylation is 8. The molecule has 8 aromatic rings. The van der Waals surface area contributed by atoms with Crippen LogP contribution >= 0.6 is 23.2 Å². The van der Waals surface area contributed by atoms with Crippen LogP contribution in [0.15, 0.2) is 97.6 Å². The van der Waals surface area contributed by atoms with Gasteiger partial charge in [-0.3, -0.25) is 18.7 Å². The lowest BCUT2D eigenvalue weighted by Gasteiger charge is -2.33. The van der Waals surface area contributed by atoms with Crippen molar-refractivity contribution >= 4 is 47.1 Å². The first-order chi connectivity index (χ1) is 51.7. The fraction of sp³-hybridized carbons (Fsp3) is 0.535. The van der Waals surface area contributed by atoms with Gasteiger partial charge in [-0.15, -0.1) is 0 Å². The van der Waals surface area contributed by atoms with Crippen LogP contribution in [0.5, 0.6) is 0 Å². The first-order valence-electron chi connectivity index (χ1n) is 39.1. The average Bonchev–Trinajstić information content (AvgIpc) is 1.57. The molecule has 8 aliphatic carbocycles. The number of carbonyl (C=O) groups is 4. The van der Waals surface area contributed by atoms with Gasteiger partial charge in [0.15, 0.2) is 0 Å². The Morgan fingerprint density at radius 1 is 0.426 bits per heavy atom. The summed E-state index contributed by atoms with van der Waals surface area (Å²) in [6, 6.07) is 26.0. The number of hydrogen-bond acceptors (Lipinski definition) is 12. The Hall–Kier alpha value is -8.10. The Bertz CT molecular complexity index is 4410. The zero-order chi connectivity index (χ0) is 77.1. The molecule has 16 rings (SSSR count). The summed E-state index contributed by atoms with van der Waals surface area (Å²) in [4.78, 5) is 52.0. The Kier molecular flexibility index (Phi) is 22.6. The van der Waals surface area contributed by atoms with Gasteiger partial charge in [0.2, 0.25) is 0 Å². The molecule has 4 fully saturated rings. The number of halogens is 6. The number of unbranched alkanes of at least 4 members (excludes halogenated alkanes) is 4. The summed E-state index contributed by atoms with van der Waals surface area (Å²) in [5.74, 6) is 0.761. The largest absolute Gasteiger partial charge is 0.450 e. The SMILES string of the molecule is CCCCC1C2CCC1(OC(=O)c1cn(C)nc1C(F)F)c1cc(C)ccc12.CCCCC1C2CCC1(OC(=O)c1cn(C)nc1C(F)F)c1cc(C)ccc12.CCCCC1C2CCC1(OC(=O)c1cnn(C)c1Cl)c1cc(C)ccc12.CCCCC1C2CCC1(OC(=O)c1cnn(C)c1Cl)c1cc(C)ccc12. The molecule has 22 heteroatoms. The van der Waals surface area contributed by atoms with E-state index >= 15 is 0 Å². The summed E-state index contributed by atoms with van der Waals surface area (Å²) in [5, 5.41) is 16.3. The lowest BCUT2D eigenvalue weighted by Crippen LogP contribution is -2.34. The topological polar surface area (TPSA) is 176 Å². The van der Waals surface area contributed by atoms with E-state index in [0.717, 1.165) is 151 Å². The van der Waals surface area contributed by atoms with Crippen LogP contribution in [0.2, 0.25) is 10.3 Å². The third kappa shape index (κ3) is 13.8. The number of nitrogens with zero attached hydrogens (tertiary/aromatic N) is 8. The van der Waals surface area contributed by atoms with Gasteiger partial charge in [0.1, 0.15) is 66.4 Å². The second kappa shape index (κ2) is 31.3. The molecule has 8 bridgehead atoms. The molecule has 4 aromatic carbocycles. The lowest BCUT2D eigenvalue weighted by atomic mass is 9.84. The van der Waals surface area contributed by atoms with Crippen molar-refractivity contribution in [2.75, 3.05) is 0 Å². The van der Waals surface area contributed by atoms with Crippen molar-refractivity contribution in [1.29, 1.82) is 0 Å². The van der Waals surface area contributed by atoms with E-state index in [1.165, 1.54) is 102 Å². The summed E-state index contributed by atoms with van der Waals surface area (Å²) >= 11 is 12.5. The van der Waals surface area contributed by atoms with Crippen molar-refractivity contribution in [3.63, 3.8) is 0 Å². The number of benzene rings is 4. The molecule has 0 radical (unpaired) electrons. The highest BCUT2D eigenvalue weighted by Crippen LogP contribution is 2.67. The quantitative estimate of drug-likeness (QED) is 0.0357. The fourth-order valence-electron chi connectivity index (χ4n) is 20.4. The molecule has 16 nitrogen and oxygen atoms in total. The van der Waals surface area contributed by atoms with Crippen LogP contribution in [0.3, 0.4) is 0 Å². The molecule has 0 amide bonds. The summed E-state index contributed by atoms with van der Waals surface area (Å²) < 4.78 is 83.7. The molecule has 12 unspecified atom stereocenters. The molecule has 576 valence electrons. The van der Waals surface area contributed by atoms with Gasteiger partial charge >= 0.3 is 23.9 Å². The number of aromatic nitrogens is 8. The van der Waals surface area contributed by atoms with Crippen molar-refractivity contribution in [2.24, 2.45) is 51.9 Å². The average molecular weight is 1520 g/mol. The maximum Gasteiger partial charge on any atom is 0.343 e. The summed E-state index contributed by atoms with van der Waals surface area (Å²) in [6.07, 6.45) is 20.4. The van der Waals surface area contributed by atoms with Gasteiger partial charge in [-0.05, 0) is 173 Å². The maximum absolute atomic E-state index is 13.4. The molecule has 4 heterocycles. The molecule has 4 aromatic heterocycles.